The van der Waals surface area contributed by atoms with Crippen LogP contribution >= 0.6 is 0 Å². The first-order valence-corrected chi connectivity index (χ1v) is 17.9. The van der Waals surface area contributed by atoms with Crippen molar-refractivity contribution >= 4 is 17.5 Å². The van der Waals surface area contributed by atoms with E-state index in [1.165, 1.54) is 72.6 Å². The van der Waals surface area contributed by atoms with Crippen LogP contribution in [0.15, 0.2) is 156 Å². The summed E-state index contributed by atoms with van der Waals surface area (Å²) in [5.41, 5.74) is 19.8. The van der Waals surface area contributed by atoms with E-state index in [4.69, 9.17) is 0 Å². The molecule has 0 bridgehead atoms. The average Bonchev–Trinajstić information content (AvgIpc) is 3.53. The highest BCUT2D eigenvalue weighted by atomic mass is 15.2. The largest absolute Gasteiger partial charge is 0.328 e. The number of nitrogens with zero attached hydrogens (tertiary/aromatic N) is 1. The Kier molecular flexibility index (Phi) is 4.94. The molecule has 0 saturated carbocycles. The second-order valence-electron chi connectivity index (χ2n) is 15.8. The van der Waals surface area contributed by atoms with Crippen molar-refractivity contribution in [1.29, 1.82) is 0 Å². The third-order valence-corrected chi connectivity index (χ3v) is 13.5. The summed E-state index contributed by atoms with van der Waals surface area (Å²) in [5, 5.41) is 0. The SMILES string of the molecule is Cc1ccc(N2c3cccc4c3C3(C)C(=CC(C)C5=C3C2(C)C=C2C5(C)c3ccccc3C23c2ccccc2-c2ccccc23)C=C4)cc1. The molecule has 0 fully saturated rings. The van der Waals surface area contributed by atoms with Crippen LogP contribution in [0.4, 0.5) is 11.4 Å². The van der Waals surface area contributed by atoms with Crippen LogP contribution in [0, 0.1) is 12.8 Å². The fraction of sp³-hybridized carbons (Fsp3) is 0.208. The molecule has 1 nitrogen and oxygen atoms in total. The van der Waals surface area contributed by atoms with Crippen LogP contribution in [0.25, 0.3) is 17.2 Å². The Hall–Kier alpha value is -5.14. The fourth-order valence-corrected chi connectivity index (χ4v) is 11.9. The summed E-state index contributed by atoms with van der Waals surface area (Å²) in [7, 11) is 0. The lowest BCUT2D eigenvalue weighted by Crippen LogP contribution is -2.60. The molecular formula is C48H39N. The van der Waals surface area contributed by atoms with E-state index in [-0.39, 0.29) is 16.7 Å². The van der Waals surface area contributed by atoms with Crippen molar-refractivity contribution in [2.75, 3.05) is 4.90 Å². The number of aryl methyl sites for hydroxylation is 1. The van der Waals surface area contributed by atoms with Gasteiger partial charge in [-0.3, -0.25) is 0 Å². The summed E-state index contributed by atoms with van der Waals surface area (Å²) in [4.78, 5) is 2.70. The molecule has 0 N–H and O–H groups in total. The van der Waals surface area contributed by atoms with Crippen molar-refractivity contribution < 1.29 is 0 Å². The van der Waals surface area contributed by atoms with Gasteiger partial charge in [0.2, 0.25) is 0 Å². The second-order valence-corrected chi connectivity index (χ2v) is 15.8. The van der Waals surface area contributed by atoms with Gasteiger partial charge in [-0.15, -0.1) is 0 Å². The zero-order chi connectivity index (χ0) is 33.1. The Bertz CT molecular complexity index is 2420. The maximum Gasteiger partial charge on any atom is 0.0836 e. The molecule has 1 heteroatoms. The molecule has 11 rings (SSSR count). The molecule has 0 saturated heterocycles. The molecule has 1 heterocycles. The van der Waals surface area contributed by atoms with Gasteiger partial charge in [-0.2, -0.15) is 0 Å². The molecule has 0 radical (unpaired) electrons. The van der Waals surface area contributed by atoms with Crippen LogP contribution in [-0.4, -0.2) is 5.54 Å². The predicted octanol–water partition coefficient (Wildman–Crippen LogP) is 11.3. The Labute approximate surface area is 289 Å². The monoisotopic (exact) mass is 629 g/mol. The summed E-state index contributed by atoms with van der Waals surface area (Å²) < 4.78 is 0. The lowest BCUT2D eigenvalue weighted by atomic mass is 9.47. The lowest BCUT2D eigenvalue weighted by Gasteiger charge is -2.62. The van der Waals surface area contributed by atoms with Gasteiger partial charge in [0, 0.05) is 22.2 Å². The van der Waals surface area contributed by atoms with Crippen molar-refractivity contribution in [3.05, 3.63) is 195 Å². The Balaban J connectivity index is 1.35. The standard InChI is InChI=1S/C48H39N/c1-29-21-25-33(26-22-29)49-40-20-12-13-31-23-24-32-27-30(2)42-44(46(32,4)43(31)40)45(49,3)28-41-47(42,5)38-18-10-11-19-39(38)48(41)36-16-8-6-14-34(36)35-15-7-9-17-37(35)48/h6-28,30H,1-5H3. The van der Waals surface area contributed by atoms with Gasteiger partial charge in [0.15, 0.2) is 0 Å². The van der Waals surface area contributed by atoms with Gasteiger partial charge in [-0.1, -0.05) is 134 Å². The van der Waals surface area contributed by atoms with Crippen LogP contribution in [0.5, 0.6) is 0 Å². The zero-order valence-electron chi connectivity index (χ0n) is 28.8. The van der Waals surface area contributed by atoms with E-state index in [1.807, 2.05) is 0 Å². The van der Waals surface area contributed by atoms with E-state index < -0.39 is 11.0 Å². The molecule has 1 aliphatic heterocycles. The molecule has 49 heavy (non-hydrogen) atoms. The van der Waals surface area contributed by atoms with Crippen molar-refractivity contribution in [3.63, 3.8) is 0 Å². The lowest BCUT2D eigenvalue weighted by molar-refractivity contribution is 0.414. The van der Waals surface area contributed by atoms with Gasteiger partial charge in [0.05, 0.1) is 11.0 Å². The van der Waals surface area contributed by atoms with Crippen molar-refractivity contribution in [3.8, 4) is 11.1 Å². The van der Waals surface area contributed by atoms with E-state index in [0.717, 1.165) is 0 Å². The highest BCUT2D eigenvalue weighted by Crippen LogP contribution is 2.74. The van der Waals surface area contributed by atoms with Gasteiger partial charge >= 0.3 is 0 Å². The van der Waals surface area contributed by atoms with Crippen molar-refractivity contribution in [2.24, 2.45) is 5.92 Å². The first kappa shape index (κ1) is 27.8. The summed E-state index contributed by atoms with van der Waals surface area (Å²) in [6.07, 6.45) is 10.1. The molecule has 0 aromatic heterocycles. The molecule has 5 aromatic carbocycles. The van der Waals surface area contributed by atoms with E-state index in [9.17, 15) is 0 Å². The van der Waals surface area contributed by atoms with Crippen LogP contribution in [-0.2, 0) is 16.2 Å². The molecule has 0 amide bonds. The van der Waals surface area contributed by atoms with Crippen molar-refractivity contribution in [1.82, 2.24) is 0 Å². The first-order valence-electron chi connectivity index (χ1n) is 17.9. The fourth-order valence-electron chi connectivity index (χ4n) is 11.9. The number of benzene rings is 5. The topological polar surface area (TPSA) is 3.24 Å². The molecular weight excluding hydrogens is 591 g/mol. The number of fused-ring (bicyclic) bond motifs is 11. The van der Waals surface area contributed by atoms with Gasteiger partial charge in [-0.25, -0.2) is 0 Å². The predicted molar refractivity (Wildman–Crippen MR) is 202 cm³/mol. The Morgan fingerprint density at radius 1 is 0.612 bits per heavy atom. The van der Waals surface area contributed by atoms with Gasteiger partial charge in [0.1, 0.15) is 0 Å². The minimum absolute atomic E-state index is 0.250. The van der Waals surface area contributed by atoms with Crippen LogP contribution in [0.3, 0.4) is 0 Å². The first-order chi connectivity index (χ1) is 23.7. The zero-order valence-corrected chi connectivity index (χ0v) is 28.8. The molecule has 5 aliphatic carbocycles. The number of anilines is 2. The van der Waals surface area contributed by atoms with E-state index in [2.05, 4.69) is 179 Å². The summed E-state index contributed by atoms with van der Waals surface area (Å²) in [5.74, 6) is 0.262. The van der Waals surface area contributed by atoms with Gasteiger partial charge < -0.3 is 4.90 Å². The van der Waals surface area contributed by atoms with Crippen LogP contribution < -0.4 is 4.90 Å². The van der Waals surface area contributed by atoms with E-state index in [1.54, 1.807) is 11.1 Å². The number of hydrogen-bond acceptors (Lipinski definition) is 1. The van der Waals surface area contributed by atoms with Crippen LogP contribution in [0.2, 0.25) is 0 Å². The molecule has 236 valence electrons. The Morgan fingerprint density at radius 3 is 1.94 bits per heavy atom. The maximum atomic E-state index is 2.76. The smallest absolute Gasteiger partial charge is 0.0836 e. The highest BCUT2D eigenvalue weighted by molar-refractivity contribution is 5.94. The van der Waals surface area contributed by atoms with E-state index in [0.29, 0.717) is 0 Å². The second kappa shape index (κ2) is 8.71. The van der Waals surface area contributed by atoms with Crippen molar-refractivity contribution in [2.45, 2.75) is 56.4 Å². The van der Waals surface area contributed by atoms with Gasteiger partial charge in [0.25, 0.3) is 0 Å². The quantitative estimate of drug-likeness (QED) is 0.167. The molecule has 6 aliphatic rings. The summed E-state index contributed by atoms with van der Waals surface area (Å²) in [6, 6.07) is 44.1. The minimum atomic E-state index is -0.430. The third-order valence-electron chi connectivity index (χ3n) is 13.5. The number of allylic oxidation sites excluding steroid dienone is 5. The van der Waals surface area contributed by atoms with Gasteiger partial charge in [-0.05, 0) is 119 Å². The third kappa shape index (κ3) is 2.87. The van der Waals surface area contributed by atoms with E-state index >= 15 is 0 Å². The molecule has 4 unspecified atom stereocenters. The van der Waals surface area contributed by atoms with Crippen LogP contribution in [0.1, 0.15) is 66.6 Å². The number of rotatable bonds is 1. The Morgan fingerprint density at radius 2 is 1.24 bits per heavy atom. The molecule has 5 aromatic rings. The molecule has 4 atom stereocenters. The molecule has 1 spiro atoms. The summed E-state index contributed by atoms with van der Waals surface area (Å²) in [6.45, 7) is 12.3. The minimum Gasteiger partial charge on any atom is -0.328 e. The average molecular weight is 630 g/mol. The number of hydrogen-bond donors (Lipinski definition) is 0. The maximum absolute atomic E-state index is 2.76. The normalized spacial score (nSPS) is 28.3. The summed E-state index contributed by atoms with van der Waals surface area (Å²) >= 11 is 0. The highest BCUT2D eigenvalue weighted by Gasteiger charge is 2.67.